The lowest BCUT2D eigenvalue weighted by molar-refractivity contribution is 0.152. The molecule has 15 heavy (non-hydrogen) atoms. The van der Waals surface area contributed by atoms with Crippen LogP contribution in [0, 0.1) is 0 Å². The fraction of sp³-hybridized carbons (Fsp3) is 0.556. The van der Waals surface area contributed by atoms with E-state index in [1.165, 1.54) is 0 Å². The Kier molecular flexibility index (Phi) is 5.24. The molecule has 0 radical (unpaired) electrons. The quantitative estimate of drug-likeness (QED) is 0.590. The topological polar surface area (TPSA) is 79.0 Å². The Labute approximate surface area is 88.4 Å². The molecule has 1 amide bonds. The summed E-state index contributed by atoms with van der Waals surface area (Å²) in [5.41, 5.74) is 0. The lowest BCUT2D eigenvalue weighted by Crippen LogP contribution is -2.32. The van der Waals surface area contributed by atoms with Gasteiger partial charge in [0.15, 0.2) is 0 Å². The summed E-state index contributed by atoms with van der Waals surface area (Å²) in [6.45, 7) is 4.05. The van der Waals surface area contributed by atoms with Crippen molar-refractivity contribution in [2.24, 2.45) is 0 Å². The standard InChI is InChI=1S/C9H16N4O2/c1-2-15-9(14)13-4-3-10-7-8-11-5-6-12-8/h5-6,10H,2-4,7H2,1H3,(H,11,12)(H,13,14). The normalized spacial score (nSPS) is 9.93. The van der Waals surface area contributed by atoms with Gasteiger partial charge in [0.2, 0.25) is 0 Å². The van der Waals surface area contributed by atoms with Crippen molar-refractivity contribution in [3.8, 4) is 0 Å². The number of carbonyl (C=O) groups excluding carboxylic acids is 1. The van der Waals surface area contributed by atoms with Gasteiger partial charge in [0.05, 0.1) is 13.2 Å². The Bertz CT molecular complexity index is 274. The zero-order valence-corrected chi connectivity index (χ0v) is 8.75. The van der Waals surface area contributed by atoms with Crippen molar-refractivity contribution in [1.82, 2.24) is 20.6 Å². The van der Waals surface area contributed by atoms with E-state index < -0.39 is 0 Å². The van der Waals surface area contributed by atoms with Crippen LogP contribution in [0.1, 0.15) is 12.7 Å². The van der Waals surface area contributed by atoms with Crippen molar-refractivity contribution < 1.29 is 9.53 Å². The molecule has 0 aromatic carbocycles. The number of aromatic nitrogens is 2. The summed E-state index contributed by atoms with van der Waals surface area (Å²) in [5.74, 6) is 0.881. The van der Waals surface area contributed by atoms with Gasteiger partial charge >= 0.3 is 6.09 Å². The lowest BCUT2D eigenvalue weighted by atomic mass is 10.5. The third-order valence-electron chi connectivity index (χ3n) is 1.69. The van der Waals surface area contributed by atoms with Crippen molar-refractivity contribution in [1.29, 1.82) is 0 Å². The minimum absolute atomic E-state index is 0.378. The van der Waals surface area contributed by atoms with Gasteiger partial charge in [-0.25, -0.2) is 9.78 Å². The number of H-pyrrole nitrogens is 1. The lowest BCUT2D eigenvalue weighted by Gasteiger charge is -2.05. The van der Waals surface area contributed by atoms with E-state index in [1.54, 1.807) is 19.3 Å². The molecule has 0 bridgehead atoms. The molecule has 0 saturated carbocycles. The molecule has 1 aromatic heterocycles. The number of rotatable bonds is 6. The highest BCUT2D eigenvalue weighted by Crippen LogP contribution is 1.85. The Morgan fingerprint density at radius 3 is 3.13 bits per heavy atom. The molecule has 0 spiro atoms. The van der Waals surface area contributed by atoms with Crippen LogP contribution in [0.25, 0.3) is 0 Å². The van der Waals surface area contributed by atoms with Crippen molar-refractivity contribution in [3.63, 3.8) is 0 Å². The third-order valence-corrected chi connectivity index (χ3v) is 1.69. The average molecular weight is 212 g/mol. The first kappa shape index (κ1) is 11.5. The molecule has 1 aromatic rings. The maximum Gasteiger partial charge on any atom is 0.407 e. The van der Waals surface area contributed by atoms with Gasteiger partial charge in [0.1, 0.15) is 5.82 Å². The largest absolute Gasteiger partial charge is 0.450 e. The zero-order valence-electron chi connectivity index (χ0n) is 8.75. The van der Waals surface area contributed by atoms with E-state index in [4.69, 9.17) is 4.74 Å². The monoisotopic (exact) mass is 212 g/mol. The van der Waals surface area contributed by atoms with Gasteiger partial charge in [0, 0.05) is 25.5 Å². The Morgan fingerprint density at radius 1 is 1.60 bits per heavy atom. The fourth-order valence-corrected chi connectivity index (χ4v) is 1.04. The van der Waals surface area contributed by atoms with Crippen LogP contribution in [0.15, 0.2) is 12.4 Å². The molecule has 0 aliphatic heterocycles. The second kappa shape index (κ2) is 6.83. The predicted octanol–water partition coefficient (Wildman–Crippen LogP) is 0.245. The minimum Gasteiger partial charge on any atom is -0.450 e. The summed E-state index contributed by atoms with van der Waals surface area (Å²) in [4.78, 5) is 17.9. The Hall–Kier alpha value is -1.56. The van der Waals surface area contributed by atoms with Crippen molar-refractivity contribution in [2.75, 3.05) is 19.7 Å². The average Bonchev–Trinajstić information content (AvgIpc) is 2.70. The Balaban J connectivity index is 1.95. The maximum atomic E-state index is 10.9. The molecular weight excluding hydrogens is 196 g/mol. The van der Waals surface area contributed by atoms with Gasteiger partial charge in [-0.2, -0.15) is 0 Å². The number of imidazole rings is 1. The molecule has 0 aliphatic carbocycles. The molecule has 0 fully saturated rings. The molecule has 0 unspecified atom stereocenters. The fourth-order valence-electron chi connectivity index (χ4n) is 1.04. The Morgan fingerprint density at radius 2 is 2.47 bits per heavy atom. The number of nitrogens with zero attached hydrogens (tertiary/aromatic N) is 1. The van der Waals surface area contributed by atoms with E-state index in [1.807, 2.05) is 0 Å². The number of amides is 1. The van der Waals surface area contributed by atoms with Crippen molar-refractivity contribution in [3.05, 3.63) is 18.2 Å². The summed E-state index contributed by atoms with van der Waals surface area (Å²) in [6.07, 6.45) is 3.10. The SMILES string of the molecule is CCOC(=O)NCCNCc1ncc[nH]1. The highest BCUT2D eigenvalue weighted by atomic mass is 16.5. The molecule has 6 nitrogen and oxygen atoms in total. The summed E-state index contributed by atoms with van der Waals surface area (Å²) in [5, 5.41) is 5.73. The molecule has 3 N–H and O–H groups in total. The molecule has 1 rings (SSSR count). The molecule has 6 heteroatoms. The number of carbonyl (C=O) groups is 1. The van der Waals surface area contributed by atoms with Gasteiger partial charge in [-0.05, 0) is 6.92 Å². The highest BCUT2D eigenvalue weighted by Gasteiger charge is 1.98. The highest BCUT2D eigenvalue weighted by molar-refractivity contribution is 5.66. The number of alkyl carbamates (subject to hydrolysis) is 1. The predicted molar refractivity (Wildman–Crippen MR) is 55.3 cm³/mol. The number of nitrogens with one attached hydrogen (secondary N) is 3. The first-order valence-electron chi connectivity index (χ1n) is 4.92. The van der Waals surface area contributed by atoms with Crippen molar-refractivity contribution >= 4 is 6.09 Å². The van der Waals surface area contributed by atoms with Crippen LogP contribution in [-0.2, 0) is 11.3 Å². The second-order valence-electron chi connectivity index (χ2n) is 2.86. The van der Waals surface area contributed by atoms with Crippen LogP contribution in [0.5, 0.6) is 0 Å². The van der Waals surface area contributed by atoms with E-state index in [9.17, 15) is 4.79 Å². The molecular formula is C9H16N4O2. The van der Waals surface area contributed by atoms with E-state index in [-0.39, 0.29) is 6.09 Å². The second-order valence-corrected chi connectivity index (χ2v) is 2.86. The minimum atomic E-state index is -0.378. The van der Waals surface area contributed by atoms with Crippen LogP contribution >= 0.6 is 0 Å². The molecule has 84 valence electrons. The van der Waals surface area contributed by atoms with E-state index in [0.717, 1.165) is 5.82 Å². The first-order valence-corrected chi connectivity index (χ1v) is 4.92. The van der Waals surface area contributed by atoms with E-state index >= 15 is 0 Å². The van der Waals surface area contributed by atoms with Gasteiger partial charge < -0.3 is 20.4 Å². The van der Waals surface area contributed by atoms with Gasteiger partial charge in [-0.15, -0.1) is 0 Å². The molecule has 0 saturated heterocycles. The third kappa shape index (κ3) is 5.02. The van der Waals surface area contributed by atoms with Gasteiger partial charge in [0.25, 0.3) is 0 Å². The number of hydrogen-bond acceptors (Lipinski definition) is 4. The van der Waals surface area contributed by atoms with Crippen LogP contribution in [0.2, 0.25) is 0 Å². The maximum absolute atomic E-state index is 10.9. The van der Waals surface area contributed by atoms with E-state index in [2.05, 4.69) is 20.6 Å². The number of ether oxygens (including phenoxy) is 1. The van der Waals surface area contributed by atoms with Crippen molar-refractivity contribution in [2.45, 2.75) is 13.5 Å². The number of hydrogen-bond donors (Lipinski definition) is 3. The molecule has 1 heterocycles. The zero-order chi connectivity index (χ0) is 10.9. The smallest absolute Gasteiger partial charge is 0.407 e. The van der Waals surface area contributed by atoms with E-state index in [0.29, 0.717) is 26.2 Å². The molecule has 0 aliphatic rings. The summed E-state index contributed by atoms with van der Waals surface area (Å²) in [6, 6.07) is 0. The van der Waals surface area contributed by atoms with Gasteiger partial charge in [-0.3, -0.25) is 0 Å². The van der Waals surface area contributed by atoms with Crippen LogP contribution in [-0.4, -0.2) is 35.8 Å². The van der Waals surface area contributed by atoms with Crippen LogP contribution < -0.4 is 10.6 Å². The summed E-state index contributed by atoms with van der Waals surface area (Å²) >= 11 is 0. The van der Waals surface area contributed by atoms with Crippen LogP contribution in [0.3, 0.4) is 0 Å². The van der Waals surface area contributed by atoms with Crippen LogP contribution in [0.4, 0.5) is 4.79 Å². The molecule has 0 atom stereocenters. The number of aromatic amines is 1. The summed E-state index contributed by atoms with van der Waals surface area (Å²) in [7, 11) is 0. The summed E-state index contributed by atoms with van der Waals surface area (Å²) < 4.78 is 4.70. The van der Waals surface area contributed by atoms with Gasteiger partial charge in [-0.1, -0.05) is 0 Å². The first-order chi connectivity index (χ1) is 7.33.